The van der Waals surface area contributed by atoms with Crippen molar-refractivity contribution in [1.29, 1.82) is 0 Å². The van der Waals surface area contributed by atoms with Crippen molar-refractivity contribution in [2.75, 3.05) is 0 Å². The first-order valence-corrected chi connectivity index (χ1v) is 11.3. The first-order valence-electron chi connectivity index (χ1n) is 9.73. The number of Topliss-reactive ketones (excluding diaryl/α,β-unsaturated/α-hetero) is 1. The number of alkyl halides is 2. The standard InChI is InChI=1S/C11H12BrF2NO2.C11H12BrNO3/c1-7(16)17-9(6-11(2,13)14)8-4-3-5-10(12)15-8;1-7(14)6-10(16-8(2)15)9-4-3-5-11(12)13-9/h3-5,9H,6H2,1-2H3;3-5,10H,6H2,1-2H3. The minimum atomic E-state index is -2.93. The highest BCUT2D eigenvalue weighted by Gasteiger charge is 2.30. The van der Waals surface area contributed by atoms with Gasteiger partial charge in [-0.15, -0.1) is 0 Å². The third-order valence-corrected chi connectivity index (χ3v) is 4.65. The van der Waals surface area contributed by atoms with E-state index < -0.39 is 36.5 Å². The summed E-state index contributed by atoms with van der Waals surface area (Å²) < 4.78 is 37.0. The van der Waals surface area contributed by atoms with E-state index in [4.69, 9.17) is 9.47 Å². The van der Waals surface area contributed by atoms with Crippen molar-refractivity contribution in [3.05, 3.63) is 57.0 Å². The molecule has 2 atom stereocenters. The number of aromatic nitrogens is 2. The van der Waals surface area contributed by atoms with E-state index in [1.807, 2.05) is 0 Å². The lowest BCUT2D eigenvalue weighted by Crippen LogP contribution is -2.20. The summed E-state index contributed by atoms with van der Waals surface area (Å²) in [7, 11) is 0. The molecule has 0 amide bonds. The second-order valence-electron chi connectivity index (χ2n) is 7.15. The van der Waals surface area contributed by atoms with Crippen molar-refractivity contribution in [1.82, 2.24) is 9.97 Å². The lowest BCUT2D eigenvalue weighted by Gasteiger charge is -2.20. The topological polar surface area (TPSA) is 95.5 Å². The van der Waals surface area contributed by atoms with Crippen molar-refractivity contribution >= 4 is 49.6 Å². The van der Waals surface area contributed by atoms with Crippen LogP contribution in [0.2, 0.25) is 0 Å². The van der Waals surface area contributed by atoms with Gasteiger partial charge < -0.3 is 9.47 Å². The Morgan fingerprint density at radius 3 is 1.67 bits per heavy atom. The summed E-state index contributed by atoms with van der Waals surface area (Å²) in [5.41, 5.74) is 0.871. The maximum absolute atomic E-state index is 13.0. The number of hydrogen-bond donors (Lipinski definition) is 0. The Morgan fingerprint density at radius 1 is 0.879 bits per heavy atom. The highest BCUT2D eigenvalue weighted by Crippen LogP contribution is 2.30. The van der Waals surface area contributed by atoms with E-state index in [2.05, 4.69) is 41.8 Å². The van der Waals surface area contributed by atoms with Gasteiger partial charge in [0.1, 0.15) is 21.1 Å². The van der Waals surface area contributed by atoms with E-state index >= 15 is 0 Å². The molecule has 7 nitrogen and oxygen atoms in total. The average Bonchev–Trinajstić information content (AvgIpc) is 2.65. The molecule has 2 heterocycles. The monoisotopic (exact) mass is 592 g/mol. The number of rotatable bonds is 8. The number of nitrogens with zero attached hydrogens (tertiary/aromatic N) is 2. The predicted octanol–water partition coefficient (Wildman–Crippen LogP) is 5.92. The van der Waals surface area contributed by atoms with Crippen LogP contribution < -0.4 is 0 Å². The van der Waals surface area contributed by atoms with E-state index in [1.165, 1.54) is 20.8 Å². The maximum Gasteiger partial charge on any atom is 0.303 e. The largest absolute Gasteiger partial charge is 0.456 e. The van der Waals surface area contributed by atoms with Gasteiger partial charge in [-0.05, 0) is 70.0 Å². The molecule has 0 aliphatic rings. The van der Waals surface area contributed by atoms with Crippen molar-refractivity contribution < 1.29 is 32.6 Å². The number of hydrogen-bond acceptors (Lipinski definition) is 7. The van der Waals surface area contributed by atoms with Crippen LogP contribution in [0, 0.1) is 0 Å². The second-order valence-corrected chi connectivity index (χ2v) is 8.77. The Kier molecular flexibility index (Phi) is 11.7. The molecule has 11 heteroatoms. The summed E-state index contributed by atoms with van der Waals surface area (Å²) in [6, 6.07) is 10.1. The van der Waals surface area contributed by atoms with Crippen LogP contribution in [0.1, 0.15) is 64.1 Å². The number of esters is 2. The van der Waals surface area contributed by atoms with E-state index in [0.717, 1.165) is 6.92 Å². The summed E-state index contributed by atoms with van der Waals surface area (Å²) >= 11 is 6.36. The molecule has 2 rings (SSSR count). The Labute approximate surface area is 207 Å². The van der Waals surface area contributed by atoms with Gasteiger partial charge in [0.25, 0.3) is 0 Å². The van der Waals surface area contributed by atoms with Gasteiger partial charge in [-0.1, -0.05) is 12.1 Å². The first-order chi connectivity index (χ1) is 15.3. The predicted molar refractivity (Wildman–Crippen MR) is 123 cm³/mol. The van der Waals surface area contributed by atoms with Gasteiger partial charge in [0, 0.05) is 20.3 Å². The lowest BCUT2D eigenvalue weighted by atomic mass is 10.1. The fraction of sp³-hybridized carbons (Fsp3) is 0.409. The first kappa shape index (κ1) is 28.8. The third kappa shape index (κ3) is 12.5. The van der Waals surface area contributed by atoms with Crippen LogP contribution in [0.5, 0.6) is 0 Å². The number of ketones is 1. The number of ether oxygens (including phenoxy) is 2. The summed E-state index contributed by atoms with van der Waals surface area (Å²) in [4.78, 5) is 41.1. The fourth-order valence-electron chi connectivity index (χ4n) is 2.61. The summed E-state index contributed by atoms with van der Waals surface area (Å²) in [6.45, 7) is 4.72. The molecular weight excluding hydrogens is 570 g/mol. The molecule has 0 bridgehead atoms. The number of carbonyl (C=O) groups excluding carboxylic acids is 3. The summed E-state index contributed by atoms with van der Waals surface area (Å²) in [6.07, 6.45) is -2.09. The molecular formula is C22H24Br2F2N2O5. The highest BCUT2D eigenvalue weighted by atomic mass is 79.9. The Balaban J connectivity index is 0.000000331. The molecule has 0 radical (unpaired) electrons. The molecule has 0 N–H and O–H groups in total. The molecule has 33 heavy (non-hydrogen) atoms. The second kappa shape index (κ2) is 13.4. The molecule has 2 unspecified atom stereocenters. The molecule has 2 aromatic rings. The van der Waals surface area contributed by atoms with Crippen molar-refractivity contribution in [3.63, 3.8) is 0 Å². The average molecular weight is 594 g/mol. The van der Waals surface area contributed by atoms with Crippen LogP contribution in [0.15, 0.2) is 45.6 Å². The number of halogens is 4. The van der Waals surface area contributed by atoms with Crippen LogP contribution in [0.3, 0.4) is 0 Å². The fourth-order valence-corrected chi connectivity index (χ4v) is 3.32. The summed E-state index contributed by atoms with van der Waals surface area (Å²) in [5.74, 6) is -4.01. The summed E-state index contributed by atoms with van der Waals surface area (Å²) in [5, 5.41) is 0. The molecule has 0 spiro atoms. The van der Waals surface area contributed by atoms with Crippen LogP contribution >= 0.6 is 31.9 Å². The molecule has 0 saturated carbocycles. The van der Waals surface area contributed by atoms with Crippen LogP contribution in [0.25, 0.3) is 0 Å². The minimum Gasteiger partial charge on any atom is -0.456 e. The number of carbonyl (C=O) groups is 3. The molecule has 180 valence electrons. The molecule has 0 saturated heterocycles. The van der Waals surface area contributed by atoms with E-state index in [1.54, 1.807) is 36.4 Å². The number of pyridine rings is 2. The van der Waals surface area contributed by atoms with Crippen molar-refractivity contribution in [2.24, 2.45) is 0 Å². The Morgan fingerprint density at radius 2 is 1.30 bits per heavy atom. The zero-order valence-electron chi connectivity index (χ0n) is 18.5. The van der Waals surface area contributed by atoms with Crippen LogP contribution in [-0.2, 0) is 23.9 Å². The van der Waals surface area contributed by atoms with E-state index in [-0.39, 0.29) is 12.2 Å². The molecule has 0 aromatic carbocycles. The third-order valence-electron chi connectivity index (χ3n) is 3.77. The quantitative estimate of drug-likeness (QED) is 0.277. The van der Waals surface area contributed by atoms with Gasteiger partial charge in [-0.25, -0.2) is 18.7 Å². The Hall–Kier alpha value is -2.27. The molecule has 0 aliphatic heterocycles. The maximum atomic E-state index is 13.0. The van der Waals surface area contributed by atoms with E-state index in [0.29, 0.717) is 20.6 Å². The van der Waals surface area contributed by atoms with Gasteiger partial charge in [0.2, 0.25) is 5.92 Å². The van der Waals surface area contributed by atoms with Gasteiger partial charge in [0.15, 0.2) is 6.10 Å². The SMILES string of the molecule is CC(=O)CC(OC(C)=O)c1cccc(Br)n1.CC(=O)OC(CC(C)(F)F)c1cccc(Br)n1. The Bertz CT molecular complexity index is 954. The van der Waals surface area contributed by atoms with Gasteiger partial charge in [0.05, 0.1) is 17.8 Å². The smallest absolute Gasteiger partial charge is 0.303 e. The highest BCUT2D eigenvalue weighted by molar-refractivity contribution is 9.10. The normalized spacial score (nSPS) is 12.6. The molecule has 2 aromatic heterocycles. The molecule has 0 fully saturated rings. The van der Waals surface area contributed by atoms with Gasteiger partial charge in [-0.2, -0.15) is 0 Å². The van der Waals surface area contributed by atoms with E-state index in [9.17, 15) is 23.2 Å². The van der Waals surface area contributed by atoms with Crippen molar-refractivity contribution in [3.8, 4) is 0 Å². The zero-order valence-corrected chi connectivity index (χ0v) is 21.7. The van der Waals surface area contributed by atoms with Gasteiger partial charge in [-0.3, -0.25) is 14.4 Å². The minimum absolute atomic E-state index is 0.0481. The zero-order chi connectivity index (χ0) is 25.2. The molecule has 0 aliphatic carbocycles. The van der Waals surface area contributed by atoms with Gasteiger partial charge >= 0.3 is 11.9 Å². The van der Waals surface area contributed by atoms with Crippen molar-refractivity contribution in [2.45, 2.75) is 58.7 Å². The van der Waals surface area contributed by atoms with Crippen LogP contribution in [-0.4, -0.2) is 33.6 Å². The lowest BCUT2D eigenvalue weighted by molar-refractivity contribution is -0.151. The van der Waals surface area contributed by atoms with Crippen LogP contribution in [0.4, 0.5) is 8.78 Å².